The number of amides is 1. The Balaban J connectivity index is 3.72. The van der Waals surface area contributed by atoms with Gasteiger partial charge in [0.2, 0.25) is 5.91 Å². The first-order valence-electron chi connectivity index (χ1n) is 17.5. The Hall–Kier alpha value is -0.910. The minimum atomic E-state index is -1.15. The van der Waals surface area contributed by atoms with Gasteiger partial charge in [-0.05, 0) is 38.5 Å². The molecule has 0 saturated heterocycles. The molecule has 0 bridgehead atoms. The zero-order valence-electron chi connectivity index (χ0n) is 26.7. The van der Waals surface area contributed by atoms with Crippen molar-refractivity contribution in [2.45, 2.75) is 199 Å². The number of carbonyl (C=O) groups excluding carboxylic acids is 1. The zero-order chi connectivity index (χ0) is 29.5. The summed E-state index contributed by atoms with van der Waals surface area (Å²) in [5.41, 5.74) is 0. The maximum absolute atomic E-state index is 12.2. The summed E-state index contributed by atoms with van der Waals surface area (Å²) in [4.78, 5) is 12.2. The lowest BCUT2D eigenvalue weighted by Crippen LogP contribution is -2.50. The number of allylic oxidation sites excluding steroid dienone is 2. The zero-order valence-corrected chi connectivity index (χ0v) is 26.7. The predicted molar refractivity (Wildman–Crippen MR) is 172 cm³/mol. The normalized spacial score (nSPS) is 14.0. The van der Waals surface area contributed by atoms with Gasteiger partial charge in [-0.1, -0.05) is 148 Å². The number of hydrogen-bond acceptors (Lipinski definition) is 4. The summed E-state index contributed by atoms with van der Waals surface area (Å²) in [5, 5.41) is 33.2. The first kappa shape index (κ1) is 39.1. The van der Waals surface area contributed by atoms with Gasteiger partial charge in [0.15, 0.2) is 0 Å². The van der Waals surface area contributed by atoms with Crippen molar-refractivity contribution in [1.82, 2.24) is 5.32 Å². The second kappa shape index (κ2) is 31.0. The molecule has 5 nitrogen and oxygen atoms in total. The van der Waals surface area contributed by atoms with Crippen LogP contribution in [0, 0.1) is 0 Å². The van der Waals surface area contributed by atoms with Crippen LogP contribution in [-0.4, -0.2) is 46.1 Å². The van der Waals surface area contributed by atoms with Crippen molar-refractivity contribution in [1.29, 1.82) is 0 Å². The van der Waals surface area contributed by atoms with Crippen LogP contribution in [0.15, 0.2) is 12.2 Å². The third-order valence-corrected chi connectivity index (χ3v) is 8.12. The van der Waals surface area contributed by atoms with Crippen molar-refractivity contribution >= 4 is 5.91 Å². The van der Waals surface area contributed by atoms with Gasteiger partial charge in [-0.25, -0.2) is 0 Å². The van der Waals surface area contributed by atoms with E-state index in [1.165, 1.54) is 116 Å². The Bertz CT molecular complexity index is 554. The number of aliphatic hydroxyl groups excluding tert-OH is 3. The van der Waals surface area contributed by atoms with E-state index in [0.717, 1.165) is 38.5 Å². The summed E-state index contributed by atoms with van der Waals surface area (Å²) in [7, 11) is 0. The monoisotopic (exact) mass is 568 g/mol. The van der Waals surface area contributed by atoms with Gasteiger partial charge in [0.05, 0.1) is 18.8 Å². The van der Waals surface area contributed by atoms with Crippen LogP contribution in [0.5, 0.6) is 0 Å². The van der Waals surface area contributed by atoms with Crippen LogP contribution in [-0.2, 0) is 4.79 Å². The fourth-order valence-corrected chi connectivity index (χ4v) is 5.34. The molecule has 0 aromatic carbocycles. The summed E-state index contributed by atoms with van der Waals surface area (Å²) in [5.74, 6) is -0.158. The van der Waals surface area contributed by atoms with Crippen molar-refractivity contribution in [3.05, 3.63) is 12.2 Å². The predicted octanol–water partition coefficient (Wildman–Crippen LogP) is 8.92. The van der Waals surface area contributed by atoms with Gasteiger partial charge in [0.1, 0.15) is 6.10 Å². The Morgan fingerprint density at radius 2 is 1.00 bits per heavy atom. The Morgan fingerprint density at radius 1 is 0.600 bits per heavy atom. The van der Waals surface area contributed by atoms with E-state index in [9.17, 15) is 20.1 Å². The van der Waals surface area contributed by atoms with E-state index >= 15 is 0 Å². The van der Waals surface area contributed by atoms with Crippen LogP contribution in [0.2, 0.25) is 0 Å². The summed E-state index contributed by atoms with van der Waals surface area (Å²) < 4.78 is 0. The first-order chi connectivity index (χ1) is 19.6. The lowest BCUT2D eigenvalue weighted by molar-refractivity contribution is -0.124. The Kier molecular flexibility index (Phi) is 30.3. The topological polar surface area (TPSA) is 89.8 Å². The molecule has 4 N–H and O–H groups in total. The second-order valence-corrected chi connectivity index (χ2v) is 12.1. The molecular weight excluding hydrogens is 498 g/mol. The van der Waals surface area contributed by atoms with E-state index in [-0.39, 0.29) is 12.5 Å². The molecule has 40 heavy (non-hydrogen) atoms. The average Bonchev–Trinajstić information content (AvgIpc) is 2.96. The van der Waals surface area contributed by atoms with E-state index < -0.39 is 18.2 Å². The summed E-state index contributed by atoms with van der Waals surface area (Å²) in [6.07, 6.45) is 33.1. The van der Waals surface area contributed by atoms with Gasteiger partial charge in [0.25, 0.3) is 0 Å². The summed E-state index contributed by atoms with van der Waals surface area (Å²) in [6, 6.07) is -0.817. The largest absolute Gasteiger partial charge is 0.394 e. The number of unbranched alkanes of at least 4 members (excludes halogenated alkanes) is 21. The minimum absolute atomic E-state index is 0.158. The van der Waals surface area contributed by atoms with Crippen molar-refractivity contribution in [3.8, 4) is 0 Å². The number of nitrogens with one attached hydrogen (secondary N) is 1. The molecule has 0 aromatic rings. The van der Waals surface area contributed by atoms with Gasteiger partial charge < -0.3 is 20.6 Å². The van der Waals surface area contributed by atoms with E-state index in [1.807, 2.05) is 0 Å². The number of rotatable bonds is 31. The molecule has 0 spiro atoms. The van der Waals surface area contributed by atoms with Gasteiger partial charge in [-0.3, -0.25) is 4.79 Å². The van der Waals surface area contributed by atoms with Crippen LogP contribution in [0.1, 0.15) is 181 Å². The van der Waals surface area contributed by atoms with Gasteiger partial charge in [-0.2, -0.15) is 0 Å². The van der Waals surface area contributed by atoms with E-state index in [0.29, 0.717) is 12.8 Å². The van der Waals surface area contributed by atoms with Crippen molar-refractivity contribution in [2.75, 3.05) is 6.61 Å². The summed E-state index contributed by atoms with van der Waals surface area (Å²) >= 11 is 0. The standard InChI is InChI=1S/C35H69NO4/c1-3-5-7-9-11-13-14-15-16-17-18-19-20-22-23-25-27-29-33(38)35(40)32(31-37)36-34(39)30-28-26-24-21-12-10-8-6-4-2/h22-23,32-33,35,37-38,40H,3-21,24-31H2,1-2H3,(H,36,39)/b23-22+. The maximum atomic E-state index is 12.2. The highest BCUT2D eigenvalue weighted by atomic mass is 16.3. The van der Waals surface area contributed by atoms with Crippen molar-refractivity contribution in [3.63, 3.8) is 0 Å². The molecule has 1 amide bonds. The van der Waals surface area contributed by atoms with Gasteiger partial charge in [-0.15, -0.1) is 0 Å². The molecule has 3 unspecified atom stereocenters. The third-order valence-electron chi connectivity index (χ3n) is 8.12. The maximum Gasteiger partial charge on any atom is 0.220 e. The van der Waals surface area contributed by atoms with Crippen molar-refractivity contribution < 1.29 is 20.1 Å². The van der Waals surface area contributed by atoms with E-state index in [1.54, 1.807) is 0 Å². The van der Waals surface area contributed by atoms with Crippen LogP contribution < -0.4 is 5.32 Å². The molecule has 0 radical (unpaired) electrons. The molecule has 238 valence electrons. The van der Waals surface area contributed by atoms with Crippen LogP contribution in [0.3, 0.4) is 0 Å². The van der Waals surface area contributed by atoms with Gasteiger partial charge >= 0.3 is 0 Å². The van der Waals surface area contributed by atoms with Crippen LogP contribution in [0.25, 0.3) is 0 Å². The number of carbonyl (C=O) groups is 1. The average molecular weight is 568 g/mol. The number of aliphatic hydroxyl groups is 3. The lowest BCUT2D eigenvalue weighted by Gasteiger charge is -2.26. The molecule has 3 atom stereocenters. The first-order valence-corrected chi connectivity index (χ1v) is 17.5. The molecule has 0 saturated carbocycles. The molecule has 0 rings (SSSR count). The van der Waals surface area contributed by atoms with Gasteiger partial charge in [0, 0.05) is 6.42 Å². The van der Waals surface area contributed by atoms with Crippen LogP contribution in [0.4, 0.5) is 0 Å². The highest BCUT2D eigenvalue weighted by molar-refractivity contribution is 5.76. The third kappa shape index (κ3) is 26.0. The highest BCUT2D eigenvalue weighted by Gasteiger charge is 2.26. The molecule has 0 aromatic heterocycles. The molecule has 0 fully saturated rings. The molecular formula is C35H69NO4. The molecule has 0 aliphatic rings. The second-order valence-electron chi connectivity index (χ2n) is 12.1. The lowest BCUT2D eigenvalue weighted by atomic mass is 10.0. The number of hydrogen-bond donors (Lipinski definition) is 4. The highest BCUT2D eigenvalue weighted by Crippen LogP contribution is 2.14. The fraction of sp³-hybridized carbons (Fsp3) is 0.914. The molecule has 0 aliphatic carbocycles. The SMILES string of the molecule is CCCCCCCCCCCCCC/C=C/CCCC(O)C(O)C(CO)NC(=O)CCCCCCCCCCC. The quantitative estimate of drug-likeness (QED) is 0.0497. The van der Waals surface area contributed by atoms with Crippen LogP contribution >= 0.6 is 0 Å². The van der Waals surface area contributed by atoms with E-state index in [4.69, 9.17) is 0 Å². The fourth-order valence-electron chi connectivity index (χ4n) is 5.34. The Labute approximate surface area is 249 Å². The smallest absolute Gasteiger partial charge is 0.220 e. The molecule has 0 aliphatic heterocycles. The minimum Gasteiger partial charge on any atom is -0.394 e. The van der Waals surface area contributed by atoms with Crippen molar-refractivity contribution in [2.24, 2.45) is 0 Å². The van der Waals surface area contributed by atoms with E-state index in [2.05, 4.69) is 31.3 Å². The molecule has 0 heterocycles. The Morgan fingerprint density at radius 3 is 1.45 bits per heavy atom. The molecule has 5 heteroatoms. The summed E-state index contributed by atoms with van der Waals surface area (Å²) in [6.45, 7) is 4.13.